The minimum Gasteiger partial charge on any atom is -0.391 e. The molecule has 0 radical (unpaired) electrons. The van der Waals surface area contributed by atoms with Crippen LogP contribution >= 0.6 is 0 Å². The number of aliphatic hydroxyl groups excluding tert-OH is 2. The molecule has 6 heteroatoms. The van der Waals surface area contributed by atoms with Crippen LogP contribution in [-0.2, 0) is 4.74 Å². The van der Waals surface area contributed by atoms with E-state index < -0.39 is 30.9 Å². The Bertz CT molecular complexity index is 146. The van der Waals surface area contributed by atoms with Gasteiger partial charge in [0, 0.05) is 7.11 Å². The van der Waals surface area contributed by atoms with Gasteiger partial charge in [0.1, 0.15) is 6.10 Å². The summed E-state index contributed by atoms with van der Waals surface area (Å²) in [6, 6.07) is 0. The van der Waals surface area contributed by atoms with Crippen LogP contribution in [0.15, 0.2) is 0 Å². The Morgan fingerprint density at radius 1 is 1.31 bits per heavy atom. The molecule has 3 atom stereocenters. The molecule has 0 aliphatic heterocycles. The predicted molar refractivity (Wildman–Crippen MR) is 39.2 cm³/mol. The minimum absolute atomic E-state index is 1.06. The van der Waals surface area contributed by atoms with E-state index in [0.717, 1.165) is 7.11 Å². The van der Waals surface area contributed by atoms with Crippen molar-refractivity contribution in [1.82, 2.24) is 0 Å². The fourth-order valence-corrected chi connectivity index (χ4v) is 0.882. The first-order valence-electron chi connectivity index (χ1n) is 3.73. The second-order valence-corrected chi connectivity index (χ2v) is 2.82. The highest BCUT2D eigenvalue weighted by molar-refractivity contribution is 4.76. The molecule has 0 saturated carbocycles. The Morgan fingerprint density at radius 3 is 2.00 bits per heavy atom. The Labute approximate surface area is 74.1 Å². The zero-order chi connectivity index (χ0) is 10.6. The number of hydrogen-bond acceptors (Lipinski definition) is 3. The molecule has 3 unspecified atom stereocenters. The van der Waals surface area contributed by atoms with Crippen LogP contribution in [0.1, 0.15) is 13.3 Å². The summed E-state index contributed by atoms with van der Waals surface area (Å²) in [6.45, 7) is 1.20. The maximum Gasteiger partial charge on any atom is 0.391 e. The molecule has 0 fully saturated rings. The number of rotatable bonds is 4. The number of halogens is 3. The van der Waals surface area contributed by atoms with Crippen molar-refractivity contribution in [2.45, 2.75) is 37.8 Å². The summed E-state index contributed by atoms with van der Waals surface area (Å²) in [7, 11) is 1.06. The molecule has 0 rings (SSSR count). The average Bonchev–Trinajstić information content (AvgIpc) is 1.97. The summed E-state index contributed by atoms with van der Waals surface area (Å²) >= 11 is 0. The Kier molecular flexibility index (Phi) is 4.66. The Morgan fingerprint density at radius 2 is 1.77 bits per heavy atom. The molecule has 0 heterocycles. The molecule has 0 aromatic heterocycles. The lowest BCUT2D eigenvalue weighted by Gasteiger charge is -2.24. The summed E-state index contributed by atoms with van der Waals surface area (Å²) in [5, 5.41) is 17.9. The third-order valence-corrected chi connectivity index (χ3v) is 1.61. The highest BCUT2D eigenvalue weighted by atomic mass is 19.4. The van der Waals surface area contributed by atoms with Crippen LogP contribution < -0.4 is 0 Å². The Hall–Kier alpha value is -0.330. The van der Waals surface area contributed by atoms with Gasteiger partial charge in [-0.25, -0.2) is 0 Å². The monoisotopic (exact) mass is 202 g/mol. The number of alkyl halides is 3. The van der Waals surface area contributed by atoms with Gasteiger partial charge in [-0.05, 0) is 6.92 Å². The standard InChI is InChI=1S/C7H13F3O3/c1-4(11)6(12)5(13-2)3-7(8,9)10/h4-6,11-12H,3H2,1-2H3. The molecule has 2 N–H and O–H groups in total. The van der Waals surface area contributed by atoms with Gasteiger partial charge in [-0.1, -0.05) is 0 Å². The summed E-state index contributed by atoms with van der Waals surface area (Å²) in [5.74, 6) is 0. The molecule has 80 valence electrons. The first-order valence-corrected chi connectivity index (χ1v) is 3.73. The lowest BCUT2D eigenvalue weighted by atomic mass is 10.1. The molecule has 13 heavy (non-hydrogen) atoms. The van der Waals surface area contributed by atoms with Gasteiger partial charge in [0.25, 0.3) is 0 Å². The maximum atomic E-state index is 11.8. The normalized spacial score (nSPS) is 19.6. The van der Waals surface area contributed by atoms with Gasteiger partial charge in [-0.15, -0.1) is 0 Å². The van der Waals surface area contributed by atoms with Crippen LogP contribution in [0.4, 0.5) is 13.2 Å². The van der Waals surface area contributed by atoms with Crippen molar-refractivity contribution in [2.24, 2.45) is 0 Å². The zero-order valence-corrected chi connectivity index (χ0v) is 7.38. The summed E-state index contributed by atoms with van der Waals surface area (Å²) in [5.41, 5.74) is 0. The molecule has 0 aromatic carbocycles. The lowest BCUT2D eigenvalue weighted by molar-refractivity contribution is -0.178. The van der Waals surface area contributed by atoms with Gasteiger partial charge in [-0.2, -0.15) is 13.2 Å². The second-order valence-electron chi connectivity index (χ2n) is 2.82. The number of ether oxygens (including phenoxy) is 1. The summed E-state index contributed by atoms with van der Waals surface area (Å²) in [4.78, 5) is 0. The average molecular weight is 202 g/mol. The Balaban J connectivity index is 4.18. The lowest BCUT2D eigenvalue weighted by Crippen LogP contribution is -2.39. The number of hydrogen-bond donors (Lipinski definition) is 2. The quantitative estimate of drug-likeness (QED) is 0.705. The van der Waals surface area contributed by atoms with Gasteiger partial charge < -0.3 is 14.9 Å². The third-order valence-electron chi connectivity index (χ3n) is 1.61. The molecule has 0 aromatic rings. The highest BCUT2D eigenvalue weighted by Crippen LogP contribution is 2.24. The van der Waals surface area contributed by atoms with Crippen LogP contribution in [0.2, 0.25) is 0 Å². The van der Waals surface area contributed by atoms with E-state index in [9.17, 15) is 13.2 Å². The van der Waals surface area contributed by atoms with E-state index in [2.05, 4.69) is 4.74 Å². The van der Waals surface area contributed by atoms with E-state index in [1.807, 2.05) is 0 Å². The van der Waals surface area contributed by atoms with Gasteiger partial charge in [0.05, 0.1) is 18.6 Å². The first kappa shape index (κ1) is 12.7. The fourth-order valence-electron chi connectivity index (χ4n) is 0.882. The molecule has 0 spiro atoms. The molecule has 0 saturated heterocycles. The van der Waals surface area contributed by atoms with Gasteiger partial charge in [0.2, 0.25) is 0 Å². The van der Waals surface area contributed by atoms with Crippen LogP contribution in [0.5, 0.6) is 0 Å². The van der Waals surface area contributed by atoms with Crippen LogP contribution in [-0.4, -0.2) is 41.8 Å². The minimum atomic E-state index is -4.41. The maximum absolute atomic E-state index is 11.8. The van der Waals surface area contributed by atoms with E-state index in [0.29, 0.717) is 0 Å². The third kappa shape index (κ3) is 5.07. The van der Waals surface area contributed by atoms with Crippen molar-refractivity contribution >= 4 is 0 Å². The van der Waals surface area contributed by atoms with E-state index in [4.69, 9.17) is 10.2 Å². The molecule has 0 aliphatic rings. The van der Waals surface area contributed by atoms with Crippen molar-refractivity contribution in [1.29, 1.82) is 0 Å². The molecule has 0 bridgehead atoms. The molecular formula is C7H13F3O3. The fraction of sp³-hybridized carbons (Fsp3) is 1.00. The molecule has 0 aliphatic carbocycles. The van der Waals surface area contributed by atoms with Crippen molar-refractivity contribution in [3.63, 3.8) is 0 Å². The predicted octanol–water partition coefficient (Wildman–Crippen LogP) is 0.696. The molecule has 0 amide bonds. The first-order chi connectivity index (χ1) is 5.78. The number of methoxy groups -OCH3 is 1. The summed E-state index contributed by atoms with van der Waals surface area (Å²) in [6.07, 6.45) is -9.86. The largest absolute Gasteiger partial charge is 0.391 e. The van der Waals surface area contributed by atoms with Gasteiger partial charge in [0.15, 0.2) is 0 Å². The number of aliphatic hydroxyl groups is 2. The summed E-state index contributed by atoms with van der Waals surface area (Å²) < 4.78 is 40.0. The van der Waals surface area contributed by atoms with Crippen molar-refractivity contribution in [3.05, 3.63) is 0 Å². The topological polar surface area (TPSA) is 49.7 Å². The van der Waals surface area contributed by atoms with Crippen LogP contribution in [0.25, 0.3) is 0 Å². The van der Waals surface area contributed by atoms with E-state index in [-0.39, 0.29) is 0 Å². The van der Waals surface area contributed by atoms with Crippen LogP contribution in [0.3, 0.4) is 0 Å². The highest BCUT2D eigenvalue weighted by Gasteiger charge is 2.36. The van der Waals surface area contributed by atoms with E-state index >= 15 is 0 Å². The van der Waals surface area contributed by atoms with Crippen molar-refractivity contribution in [3.8, 4) is 0 Å². The second kappa shape index (κ2) is 4.78. The molecular weight excluding hydrogens is 189 g/mol. The van der Waals surface area contributed by atoms with Crippen molar-refractivity contribution in [2.75, 3.05) is 7.11 Å². The van der Waals surface area contributed by atoms with E-state index in [1.54, 1.807) is 0 Å². The van der Waals surface area contributed by atoms with Gasteiger partial charge >= 0.3 is 6.18 Å². The smallest absolute Gasteiger partial charge is 0.391 e. The SMILES string of the molecule is COC(CC(F)(F)F)C(O)C(C)O. The molecule has 3 nitrogen and oxygen atoms in total. The van der Waals surface area contributed by atoms with E-state index in [1.165, 1.54) is 6.92 Å². The zero-order valence-electron chi connectivity index (χ0n) is 7.38. The van der Waals surface area contributed by atoms with Crippen LogP contribution in [0, 0.1) is 0 Å². The van der Waals surface area contributed by atoms with Gasteiger partial charge in [-0.3, -0.25) is 0 Å². The van der Waals surface area contributed by atoms with Crippen molar-refractivity contribution < 1.29 is 28.1 Å².